The Bertz CT molecular complexity index is 410. The summed E-state index contributed by atoms with van der Waals surface area (Å²) in [7, 11) is 5.05. The van der Waals surface area contributed by atoms with Crippen molar-refractivity contribution in [2.45, 2.75) is 18.6 Å². The number of hydrogen-bond acceptors (Lipinski definition) is 3. The molecule has 0 aliphatic carbocycles. The number of hydrogen-bond donors (Lipinski definition) is 1. The normalized spacial score (nSPS) is 13.6. The van der Waals surface area contributed by atoms with Gasteiger partial charge in [0.1, 0.15) is 5.75 Å². The Labute approximate surface area is 117 Å². The van der Waals surface area contributed by atoms with E-state index in [1.54, 1.807) is 26.1 Å². The highest BCUT2D eigenvalue weighted by Crippen LogP contribution is 2.25. The molecule has 0 heterocycles. The fraction of sp³-hybridized carbons (Fsp3) is 0.571. The van der Waals surface area contributed by atoms with Crippen LogP contribution in [0.4, 0.5) is 13.2 Å². The summed E-state index contributed by atoms with van der Waals surface area (Å²) in [6.45, 7) is 0.462. The third-order valence-electron chi connectivity index (χ3n) is 3.13. The zero-order valence-corrected chi connectivity index (χ0v) is 12.0. The van der Waals surface area contributed by atoms with Crippen molar-refractivity contribution >= 4 is 0 Å². The van der Waals surface area contributed by atoms with Crippen LogP contribution in [0.15, 0.2) is 24.3 Å². The van der Waals surface area contributed by atoms with Gasteiger partial charge in [0.05, 0.1) is 13.5 Å². The van der Waals surface area contributed by atoms with Crippen molar-refractivity contribution in [2.75, 3.05) is 34.3 Å². The molecule has 0 fully saturated rings. The van der Waals surface area contributed by atoms with Gasteiger partial charge in [0, 0.05) is 24.7 Å². The average Bonchev–Trinajstić information content (AvgIpc) is 2.41. The predicted octanol–water partition coefficient (Wildman–Crippen LogP) is 2.84. The Hall–Kier alpha value is -1.27. The topological polar surface area (TPSA) is 24.5 Å². The standard InChI is InChI=1S/C14H21F3N2O/c1-18-12(10-19(2)9-8-14(15,16)17)11-6-4-5-7-13(11)20-3/h4-7,12,18H,8-10H2,1-3H3. The van der Waals surface area contributed by atoms with Crippen LogP contribution in [0.2, 0.25) is 0 Å². The summed E-state index contributed by atoms with van der Waals surface area (Å²) >= 11 is 0. The fourth-order valence-electron chi connectivity index (χ4n) is 2.02. The first-order valence-corrected chi connectivity index (χ1v) is 6.43. The van der Waals surface area contributed by atoms with E-state index in [4.69, 9.17) is 4.74 Å². The Morgan fingerprint density at radius 3 is 2.50 bits per heavy atom. The Kier molecular flexibility index (Phi) is 6.29. The van der Waals surface area contributed by atoms with Gasteiger partial charge in [0.2, 0.25) is 0 Å². The molecule has 1 aromatic rings. The number of halogens is 3. The summed E-state index contributed by atoms with van der Waals surface area (Å²) in [6, 6.07) is 7.43. The van der Waals surface area contributed by atoms with Crippen LogP contribution in [-0.4, -0.2) is 45.4 Å². The molecule has 0 aromatic heterocycles. The molecular formula is C14H21F3N2O. The SMILES string of the molecule is CNC(CN(C)CCC(F)(F)F)c1ccccc1OC. The van der Waals surface area contributed by atoms with Gasteiger partial charge in [-0.1, -0.05) is 18.2 Å². The minimum absolute atomic E-state index is 0.0170. The molecule has 0 saturated heterocycles. The lowest BCUT2D eigenvalue weighted by molar-refractivity contribution is -0.137. The van der Waals surface area contributed by atoms with Crippen LogP contribution in [0.25, 0.3) is 0 Å². The van der Waals surface area contributed by atoms with Crippen molar-refractivity contribution in [3.63, 3.8) is 0 Å². The Morgan fingerprint density at radius 1 is 1.30 bits per heavy atom. The van der Waals surface area contributed by atoms with Crippen molar-refractivity contribution in [3.05, 3.63) is 29.8 Å². The predicted molar refractivity (Wildman–Crippen MR) is 73.0 cm³/mol. The first-order valence-electron chi connectivity index (χ1n) is 6.43. The van der Waals surface area contributed by atoms with Crippen molar-refractivity contribution in [2.24, 2.45) is 0 Å². The van der Waals surface area contributed by atoms with Crippen LogP contribution in [-0.2, 0) is 0 Å². The molecule has 0 spiro atoms. The molecule has 0 aliphatic heterocycles. The zero-order chi connectivity index (χ0) is 15.2. The first-order chi connectivity index (χ1) is 9.37. The number of likely N-dealkylation sites (N-methyl/N-ethyl adjacent to an activating group) is 2. The number of nitrogens with one attached hydrogen (secondary N) is 1. The maximum Gasteiger partial charge on any atom is 0.390 e. The number of para-hydroxylation sites is 1. The van der Waals surface area contributed by atoms with E-state index in [-0.39, 0.29) is 12.6 Å². The second-order valence-electron chi connectivity index (χ2n) is 4.71. The molecule has 1 aromatic carbocycles. The minimum Gasteiger partial charge on any atom is -0.496 e. The van der Waals surface area contributed by atoms with Crippen LogP contribution in [0.5, 0.6) is 5.75 Å². The van der Waals surface area contributed by atoms with Gasteiger partial charge in [-0.25, -0.2) is 0 Å². The third-order valence-corrected chi connectivity index (χ3v) is 3.13. The lowest BCUT2D eigenvalue weighted by Crippen LogP contribution is -2.33. The second-order valence-corrected chi connectivity index (χ2v) is 4.71. The first kappa shape index (κ1) is 16.8. The maximum atomic E-state index is 12.2. The van der Waals surface area contributed by atoms with E-state index in [9.17, 15) is 13.2 Å². The molecule has 1 unspecified atom stereocenters. The van der Waals surface area contributed by atoms with Crippen LogP contribution in [0.1, 0.15) is 18.0 Å². The molecule has 0 radical (unpaired) electrons. The van der Waals surface area contributed by atoms with E-state index >= 15 is 0 Å². The fourth-order valence-corrected chi connectivity index (χ4v) is 2.02. The molecular weight excluding hydrogens is 269 g/mol. The van der Waals surface area contributed by atoms with Gasteiger partial charge in [-0.2, -0.15) is 13.2 Å². The summed E-state index contributed by atoms with van der Waals surface area (Å²) in [6.07, 6.45) is -4.92. The summed E-state index contributed by atoms with van der Waals surface area (Å²) in [5, 5.41) is 3.12. The van der Waals surface area contributed by atoms with Crippen molar-refractivity contribution < 1.29 is 17.9 Å². The summed E-state index contributed by atoms with van der Waals surface area (Å²) in [5.41, 5.74) is 0.941. The van der Waals surface area contributed by atoms with Gasteiger partial charge >= 0.3 is 6.18 Å². The molecule has 0 aliphatic rings. The van der Waals surface area contributed by atoms with E-state index in [1.807, 2.05) is 24.3 Å². The van der Waals surface area contributed by atoms with Gasteiger partial charge in [-0.05, 0) is 20.2 Å². The zero-order valence-electron chi connectivity index (χ0n) is 12.0. The molecule has 114 valence electrons. The van der Waals surface area contributed by atoms with E-state index in [0.717, 1.165) is 11.3 Å². The van der Waals surface area contributed by atoms with Crippen LogP contribution in [0.3, 0.4) is 0 Å². The quantitative estimate of drug-likeness (QED) is 0.835. The molecule has 0 bridgehead atoms. The van der Waals surface area contributed by atoms with Crippen molar-refractivity contribution in [1.82, 2.24) is 10.2 Å². The second kappa shape index (κ2) is 7.50. The largest absolute Gasteiger partial charge is 0.496 e. The van der Waals surface area contributed by atoms with Crippen LogP contribution < -0.4 is 10.1 Å². The Balaban J connectivity index is 2.67. The minimum atomic E-state index is -4.12. The number of ether oxygens (including phenoxy) is 1. The molecule has 1 N–H and O–H groups in total. The summed E-state index contributed by atoms with van der Waals surface area (Å²) in [4.78, 5) is 1.67. The maximum absolute atomic E-state index is 12.2. The highest BCUT2D eigenvalue weighted by Gasteiger charge is 2.27. The number of alkyl halides is 3. The highest BCUT2D eigenvalue weighted by atomic mass is 19.4. The number of nitrogens with zero attached hydrogens (tertiary/aromatic N) is 1. The smallest absolute Gasteiger partial charge is 0.390 e. The van der Waals surface area contributed by atoms with Gasteiger partial charge < -0.3 is 15.0 Å². The van der Waals surface area contributed by atoms with Gasteiger partial charge in [0.15, 0.2) is 0 Å². The molecule has 3 nitrogen and oxygen atoms in total. The van der Waals surface area contributed by atoms with Gasteiger partial charge in [-0.15, -0.1) is 0 Å². The Morgan fingerprint density at radius 2 is 1.95 bits per heavy atom. The molecule has 1 rings (SSSR count). The molecule has 0 saturated carbocycles. The number of benzene rings is 1. The molecule has 6 heteroatoms. The van der Waals surface area contributed by atoms with E-state index < -0.39 is 12.6 Å². The van der Waals surface area contributed by atoms with Crippen molar-refractivity contribution in [1.29, 1.82) is 0 Å². The summed E-state index contributed by atoms with van der Waals surface area (Å²) < 4.78 is 41.9. The van der Waals surface area contributed by atoms with E-state index in [2.05, 4.69) is 5.32 Å². The molecule has 20 heavy (non-hydrogen) atoms. The summed E-state index contributed by atoms with van der Waals surface area (Å²) in [5.74, 6) is 0.732. The van der Waals surface area contributed by atoms with Crippen LogP contribution in [0, 0.1) is 0 Å². The average molecular weight is 290 g/mol. The molecule has 0 amide bonds. The highest BCUT2D eigenvalue weighted by molar-refractivity contribution is 5.36. The monoisotopic (exact) mass is 290 g/mol. The lowest BCUT2D eigenvalue weighted by atomic mass is 10.1. The lowest BCUT2D eigenvalue weighted by Gasteiger charge is -2.25. The van der Waals surface area contributed by atoms with Crippen molar-refractivity contribution in [3.8, 4) is 5.75 Å². The van der Waals surface area contributed by atoms with Gasteiger partial charge in [0.25, 0.3) is 0 Å². The van der Waals surface area contributed by atoms with E-state index in [1.165, 1.54) is 0 Å². The number of methoxy groups -OCH3 is 1. The number of rotatable bonds is 7. The van der Waals surface area contributed by atoms with Gasteiger partial charge in [-0.3, -0.25) is 0 Å². The van der Waals surface area contributed by atoms with Crippen LogP contribution >= 0.6 is 0 Å². The van der Waals surface area contributed by atoms with E-state index in [0.29, 0.717) is 6.54 Å². The third kappa shape index (κ3) is 5.38. The molecule has 1 atom stereocenters.